The molecule has 1 fully saturated rings. The zero-order valence-electron chi connectivity index (χ0n) is 9.18. The lowest BCUT2D eigenvalue weighted by molar-refractivity contribution is 0.0659. The molecule has 0 saturated carbocycles. The summed E-state index contributed by atoms with van der Waals surface area (Å²) in [6, 6.07) is 2.29. The highest BCUT2D eigenvalue weighted by Crippen LogP contribution is 2.15. The van der Waals surface area contributed by atoms with E-state index in [1.165, 1.54) is 0 Å². The maximum Gasteiger partial charge on any atom is 0.0697 e. The number of nitrogens with one attached hydrogen (secondary N) is 1. The van der Waals surface area contributed by atoms with Gasteiger partial charge in [-0.3, -0.25) is 0 Å². The van der Waals surface area contributed by atoms with Crippen molar-refractivity contribution in [3.05, 3.63) is 0 Å². The number of rotatable bonds is 4. The van der Waals surface area contributed by atoms with E-state index in [0.717, 1.165) is 45.1 Å². The Morgan fingerprint density at radius 1 is 1.43 bits per heavy atom. The summed E-state index contributed by atoms with van der Waals surface area (Å²) in [5, 5.41) is 12.2. The molecule has 0 radical (unpaired) electrons. The van der Waals surface area contributed by atoms with Crippen molar-refractivity contribution >= 4 is 0 Å². The number of hydrogen-bond donors (Lipinski definition) is 1. The Morgan fingerprint density at radius 2 is 2.07 bits per heavy atom. The van der Waals surface area contributed by atoms with E-state index in [1.54, 1.807) is 0 Å². The van der Waals surface area contributed by atoms with Crippen LogP contribution in [0, 0.1) is 22.7 Å². The summed E-state index contributed by atoms with van der Waals surface area (Å²) in [4.78, 5) is 0. The molecule has 14 heavy (non-hydrogen) atoms. The van der Waals surface area contributed by atoms with E-state index in [0.29, 0.717) is 0 Å². The normalized spacial score (nSPS) is 19.2. The van der Waals surface area contributed by atoms with Crippen LogP contribution >= 0.6 is 0 Å². The summed E-state index contributed by atoms with van der Waals surface area (Å²) in [6.45, 7) is 7.52. The van der Waals surface area contributed by atoms with Gasteiger partial charge in [-0.15, -0.1) is 0 Å². The van der Waals surface area contributed by atoms with Gasteiger partial charge in [0.25, 0.3) is 0 Å². The number of ether oxygens (including phenoxy) is 1. The molecule has 0 aromatic rings. The van der Waals surface area contributed by atoms with Gasteiger partial charge in [0, 0.05) is 19.8 Å². The highest BCUT2D eigenvalue weighted by atomic mass is 16.5. The average Bonchev–Trinajstić information content (AvgIpc) is 2.19. The van der Waals surface area contributed by atoms with Gasteiger partial charge in [0.1, 0.15) is 0 Å². The fourth-order valence-electron chi connectivity index (χ4n) is 1.58. The van der Waals surface area contributed by atoms with Crippen molar-refractivity contribution in [3.8, 4) is 6.07 Å². The average molecular weight is 196 g/mol. The van der Waals surface area contributed by atoms with Crippen LogP contribution in [-0.2, 0) is 4.74 Å². The Hall–Kier alpha value is -0.590. The molecule has 0 aliphatic carbocycles. The second-order valence-corrected chi connectivity index (χ2v) is 4.68. The first-order valence-corrected chi connectivity index (χ1v) is 5.34. The molecular formula is C11H20N2O. The zero-order valence-corrected chi connectivity index (χ0v) is 9.18. The third-order valence-electron chi connectivity index (χ3n) is 2.64. The summed E-state index contributed by atoms with van der Waals surface area (Å²) in [5.41, 5.74) is -0.245. The lowest BCUT2D eigenvalue weighted by atomic mass is 9.95. The van der Waals surface area contributed by atoms with E-state index in [-0.39, 0.29) is 5.41 Å². The summed E-state index contributed by atoms with van der Waals surface area (Å²) < 4.78 is 5.29. The summed E-state index contributed by atoms with van der Waals surface area (Å²) >= 11 is 0. The SMILES string of the molecule is CC(C)(C#N)CNCC1CCOCC1. The van der Waals surface area contributed by atoms with E-state index >= 15 is 0 Å². The molecule has 1 saturated heterocycles. The van der Waals surface area contributed by atoms with Gasteiger partial charge in [0.15, 0.2) is 0 Å². The molecule has 0 atom stereocenters. The quantitative estimate of drug-likeness (QED) is 0.742. The van der Waals surface area contributed by atoms with Gasteiger partial charge in [-0.25, -0.2) is 0 Å². The number of nitrogens with zero attached hydrogens (tertiary/aromatic N) is 1. The molecule has 1 aliphatic heterocycles. The largest absolute Gasteiger partial charge is 0.381 e. The van der Waals surface area contributed by atoms with E-state index in [1.807, 2.05) is 13.8 Å². The van der Waals surface area contributed by atoms with E-state index < -0.39 is 0 Å². The van der Waals surface area contributed by atoms with Crippen molar-refractivity contribution in [2.24, 2.45) is 11.3 Å². The lowest BCUT2D eigenvalue weighted by Crippen LogP contribution is -2.33. The number of nitriles is 1. The molecule has 0 aromatic carbocycles. The third-order valence-corrected chi connectivity index (χ3v) is 2.64. The van der Waals surface area contributed by atoms with Gasteiger partial charge >= 0.3 is 0 Å². The van der Waals surface area contributed by atoms with Crippen LogP contribution in [0.15, 0.2) is 0 Å². The second kappa shape index (κ2) is 5.33. The molecule has 80 valence electrons. The minimum atomic E-state index is -0.245. The first-order chi connectivity index (χ1) is 6.64. The van der Waals surface area contributed by atoms with Crippen molar-refractivity contribution in [1.29, 1.82) is 5.26 Å². The lowest BCUT2D eigenvalue weighted by Gasteiger charge is -2.24. The van der Waals surface area contributed by atoms with Crippen LogP contribution < -0.4 is 5.32 Å². The molecule has 1 heterocycles. The summed E-state index contributed by atoms with van der Waals surface area (Å²) in [6.07, 6.45) is 2.31. The Morgan fingerprint density at radius 3 is 2.64 bits per heavy atom. The van der Waals surface area contributed by atoms with Crippen LogP contribution in [0.5, 0.6) is 0 Å². The van der Waals surface area contributed by atoms with Crippen LogP contribution in [0.2, 0.25) is 0 Å². The van der Waals surface area contributed by atoms with Crippen molar-refractivity contribution in [3.63, 3.8) is 0 Å². The van der Waals surface area contributed by atoms with Crippen LogP contribution in [-0.4, -0.2) is 26.3 Å². The summed E-state index contributed by atoms with van der Waals surface area (Å²) in [5.74, 6) is 0.734. The van der Waals surface area contributed by atoms with Crippen LogP contribution in [0.25, 0.3) is 0 Å². The van der Waals surface area contributed by atoms with Gasteiger partial charge in [-0.1, -0.05) is 0 Å². The van der Waals surface area contributed by atoms with Gasteiger partial charge in [-0.05, 0) is 39.2 Å². The van der Waals surface area contributed by atoms with Crippen LogP contribution in [0.3, 0.4) is 0 Å². The minimum absolute atomic E-state index is 0.245. The van der Waals surface area contributed by atoms with Crippen molar-refractivity contribution < 1.29 is 4.74 Å². The highest BCUT2D eigenvalue weighted by Gasteiger charge is 2.18. The van der Waals surface area contributed by atoms with Crippen molar-refractivity contribution in [1.82, 2.24) is 5.32 Å². The predicted molar refractivity (Wildman–Crippen MR) is 55.8 cm³/mol. The molecule has 0 bridgehead atoms. The molecule has 0 amide bonds. The van der Waals surface area contributed by atoms with Crippen LogP contribution in [0.1, 0.15) is 26.7 Å². The molecule has 0 spiro atoms. The molecule has 0 unspecified atom stereocenters. The maximum atomic E-state index is 8.82. The minimum Gasteiger partial charge on any atom is -0.381 e. The number of hydrogen-bond acceptors (Lipinski definition) is 3. The van der Waals surface area contributed by atoms with E-state index in [4.69, 9.17) is 10.00 Å². The smallest absolute Gasteiger partial charge is 0.0697 e. The molecule has 1 rings (SSSR count). The van der Waals surface area contributed by atoms with Gasteiger partial charge in [0.2, 0.25) is 0 Å². The Labute approximate surface area is 86.4 Å². The Balaban J connectivity index is 2.12. The molecule has 3 nitrogen and oxygen atoms in total. The Kier molecular flexibility index (Phi) is 4.37. The highest BCUT2D eigenvalue weighted by molar-refractivity contribution is 4.93. The van der Waals surface area contributed by atoms with Crippen molar-refractivity contribution in [2.45, 2.75) is 26.7 Å². The predicted octanol–water partition coefficient (Wildman–Crippen LogP) is 1.55. The Bertz CT molecular complexity index is 202. The van der Waals surface area contributed by atoms with Gasteiger partial charge < -0.3 is 10.1 Å². The molecule has 1 aliphatic rings. The fraction of sp³-hybridized carbons (Fsp3) is 0.909. The van der Waals surface area contributed by atoms with E-state index in [9.17, 15) is 0 Å². The molecule has 1 N–H and O–H groups in total. The first-order valence-electron chi connectivity index (χ1n) is 5.34. The molecule has 3 heteroatoms. The third kappa shape index (κ3) is 4.08. The monoisotopic (exact) mass is 196 g/mol. The van der Waals surface area contributed by atoms with Crippen molar-refractivity contribution in [2.75, 3.05) is 26.3 Å². The summed E-state index contributed by atoms with van der Waals surface area (Å²) in [7, 11) is 0. The fourth-order valence-corrected chi connectivity index (χ4v) is 1.58. The van der Waals surface area contributed by atoms with E-state index in [2.05, 4.69) is 11.4 Å². The first kappa shape index (κ1) is 11.5. The molecular weight excluding hydrogens is 176 g/mol. The zero-order chi connectivity index (χ0) is 10.4. The topological polar surface area (TPSA) is 45.0 Å². The molecule has 0 aromatic heterocycles. The second-order valence-electron chi connectivity index (χ2n) is 4.68. The standard InChI is InChI=1S/C11H20N2O/c1-11(2,8-12)9-13-7-10-3-5-14-6-4-10/h10,13H,3-7,9H2,1-2H3. The van der Waals surface area contributed by atoms with Gasteiger partial charge in [-0.2, -0.15) is 5.26 Å². The van der Waals surface area contributed by atoms with Crippen LogP contribution in [0.4, 0.5) is 0 Å². The van der Waals surface area contributed by atoms with Gasteiger partial charge in [0.05, 0.1) is 11.5 Å². The maximum absolute atomic E-state index is 8.82.